The summed E-state index contributed by atoms with van der Waals surface area (Å²) >= 11 is 9.27. The van der Waals surface area contributed by atoms with E-state index in [1.165, 1.54) is 31.4 Å². The van der Waals surface area contributed by atoms with E-state index in [0.717, 1.165) is 0 Å². The zero-order valence-electron chi connectivity index (χ0n) is 16.1. The highest BCUT2D eigenvalue weighted by atomic mass is 79.9. The lowest BCUT2D eigenvalue weighted by molar-refractivity contribution is -0.384. The van der Waals surface area contributed by atoms with Crippen molar-refractivity contribution in [1.82, 2.24) is 0 Å². The van der Waals surface area contributed by atoms with E-state index in [1.807, 2.05) is 13.8 Å². The molecule has 30 heavy (non-hydrogen) atoms. The van der Waals surface area contributed by atoms with Crippen molar-refractivity contribution in [2.75, 3.05) is 7.11 Å². The molecule has 10 heteroatoms. The Balaban J connectivity index is 1.98. The molecular weight excluding hydrogens is 480 g/mol. The maximum Gasteiger partial charge on any atom is 0.363 e. The van der Waals surface area contributed by atoms with Gasteiger partial charge >= 0.3 is 5.97 Å². The summed E-state index contributed by atoms with van der Waals surface area (Å²) in [6, 6.07) is 7.49. The zero-order valence-corrected chi connectivity index (χ0v) is 18.5. The molecule has 8 nitrogen and oxygen atoms in total. The topological polar surface area (TPSA) is 100 Å². The molecule has 0 fully saturated rings. The van der Waals surface area contributed by atoms with Crippen LogP contribution in [0, 0.1) is 10.1 Å². The lowest BCUT2D eigenvalue weighted by Gasteiger charge is -2.15. The Morgan fingerprint density at radius 2 is 2.03 bits per heavy atom. The van der Waals surface area contributed by atoms with Gasteiger partial charge < -0.3 is 14.2 Å². The molecule has 2 aromatic rings. The number of cyclic esters (lactones) is 1. The van der Waals surface area contributed by atoms with Crippen molar-refractivity contribution in [3.63, 3.8) is 0 Å². The normalized spacial score (nSPS) is 14.7. The molecule has 0 aromatic heterocycles. The van der Waals surface area contributed by atoms with Crippen molar-refractivity contribution < 1.29 is 23.9 Å². The number of nitro groups is 1. The molecule has 1 aliphatic heterocycles. The molecule has 0 radical (unpaired) electrons. The quantitative estimate of drug-likeness (QED) is 0.238. The summed E-state index contributed by atoms with van der Waals surface area (Å²) < 4.78 is 17.0. The molecule has 0 saturated carbocycles. The van der Waals surface area contributed by atoms with Crippen LogP contribution >= 0.6 is 27.5 Å². The number of esters is 1. The number of rotatable bonds is 6. The van der Waals surface area contributed by atoms with E-state index in [2.05, 4.69) is 20.9 Å². The number of aliphatic imine (C=N–C) groups is 1. The Labute approximate surface area is 185 Å². The van der Waals surface area contributed by atoms with Crippen molar-refractivity contribution >= 4 is 51.2 Å². The number of methoxy groups -OCH3 is 1. The second kappa shape index (κ2) is 8.85. The minimum absolute atomic E-state index is 0.0231. The molecule has 0 saturated heterocycles. The summed E-state index contributed by atoms with van der Waals surface area (Å²) in [5.41, 5.74) is 0.616. The highest BCUT2D eigenvalue weighted by Gasteiger charge is 2.26. The van der Waals surface area contributed by atoms with Gasteiger partial charge in [0.05, 0.1) is 22.6 Å². The van der Waals surface area contributed by atoms with Gasteiger partial charge in [-0.2, -0.15) is 0 Å². The number of nitrogens with zero attached hydrogens (tertiary/aromatic N) is 2. The van der Waals surface area contributed by atoms with Gasteiger partial charge in [-0.25, -0.2) is 9.79 Å². The summed E-state index contributed by atoms with van der Waals surface area (Å²) in [5.74, 6) is 0.298. The maximum absolute atomic E-state index is 12.3. The third-order valence-electron chi connectivity index (χ3n) is 3.92. The van der Waals surface area contributed by atoms with E-state index in [4.69, 9.17) is 25.8 Å². The molecule has 0 aliphatic carbocycles. The van der Waals surface area contributed by atoms with Crippen LogP contribution in [0.2, 0.25) is 5.02 Å². The monoisotopic (exact) mass is 494 g/mol. The highest BCUT2D eigenvalue weighted by molar-refractivity contribution is 9.10. The Morgan fingerprint density at radius 1 is 1.30 bits per heavy atom. The fourth-order valence-corrected chi connectivity index (χ4v) is 3.39. The molecular formula is C20H16BrClN2O6. The number of benzene rings is 2. The van der Waals surface area contributed by atoms with Crippen molar-refractivity contribution in [3.05, 3.63) is 66.8 Å². The maximum atomic E-state index is 12.3. The number of ether oxygens (including phenoxy) is 3. The van der Waals surface area contributed by atoms with Gasteiger partial charge in [0.15, 0.2) is 17.2 Å². The Kier molecular flexibility index (Phi) is 6.42. The van der Waals surface area contributed by atoms with Crippen molar-refractivity contribution in [3.8, 4) is 11.5 Å². The van der Waals surface area contributed by atoms with Crippen LogP contribution < -0.4 is 9.47 Å². The molecule has 0 atom stereocenters. The summed E-state index contributed by atoms with van der Waals surface area (Å²) in [6.45, 7) is 3.79. The number of carbonyl (C=O) groups is 1. The van der Waals surface area contributed by atoms with E-state index in [-0.39, 0.29) is 34.0 Å². The fourth-order valence-electron chi connectivity index (χ4n) is 2.65. The summed E-state index contributed by atoms with van der Waals surface area (Å²) in [7, 11) is 1.51. The van der Waals surface area contributed by atoms with Gasteiger partial charge in [-0.3, -0.25) is 10.1 Å². The van der Waals surface area contributed by atoms with Crippen molar-refractivity contribution in [1.29, 1.82) is 0 Å². The molecule has 1 heterocycles. The van der Waals surface area contributed by atoms with Crippen LogP contribution in [0.5, 0.6) is 11.5 Å². The molecule has 2 aromatic carbocycles. The molecule has 1 aliphatic rings. The van der Waals surface area contributed by atoms with E-state index >= 15 is 0 Å². The van der Waals surface area contributed by atoms with E-state index in [0.29, 0.717) is 21.5 Å². The predicted molar refractivity (Wildman–Crippen MR) is 115 cm³/mol. The van der Waals surface area contributed by atoms with Gasteiger partial charge in [0, 0.05) is 11.6 Å². The predicted octanol–water partition coefficient (Wildman–Crippen LogP) is 5.15. The standard InChI is InChI=1S/C20H16BrClN2O6/c1-10(2)29-18-13(21)6-11(8-17(18)28-3)7-15-20(25)30-19(23-15)12-4-5-14(22)16(9-12)24(26)27/h4-10H,1-3H3/b15-7-. The molecule has 0 spiro atoms. The largest absolute Gasteiger partial charge is 0.493 e. The first-order valence-electron chi connectivity index (χ1n) is 8.70. The Morgan fingerprint density at radius 3 is 2.67 bits per heavy atom. The molecule has 0 amide bonds. The van der Waals surface area contributed by atoms with Crippen LogP contribution in [0.25, 0.3) is 6.08 Å². The van der Waals surface area contributed by atoms with Gasteiger partial charge in [0.2, 0.25) is 5.90 Å². The van der Waals surface area contributed by atoms with Crippen LogP contribution in [0.3, 0.4) is 0 Å². The Hall–Kier alpha value is -2.91. The summed E-state index contributed by atoms with van der Waals surface area (Å²) in [4.78, 5) is 26.9. The lowest BCUT2D eigenvalue weighted by atomic mass is 10.1. The molecule has 0 bridgehead atoms. The van der Waals surface area contributed by atoms with Gasteiger partial charge in [-0.05, 0) is 65.7 Å². The van der Waals surface area contributed by atoms with Gasteiger partial charge in [-0.1, -0.05) is 11.6 Å². The van der Waals surface area contributed by atoms with Gasteiger partial charge in [-0.15, -0.1) is 0 Å². The smallest absolute Gasteiger partial charge is 0.363 e. The van der Waals surface area contributed by atoms with Crippen molar-refractivity contribution in [2.45, 2.75) is 20.0 Å². The molecule has 156 valence electrons. The van der Waals surface area contributed by atoms with Crippen LogP contribution in [-0.4, -0.2) is 30.0 Å². The number of hydrogen-bond acceptors (Lipinski definition) is 7. The SMILES string of the molecule is COc1cc(/C=C2\N=C(c3ccc(Cl)c([N+](=O)[O-])c3)OC2=O)cc(Br)c1OC(C)C. The van der Waals surface area contributed by atoms with Crippen molar-refractivity contribution in [2.24, 2.45) is 4.99 Å². The minimum atomic E-state index is -0.680. The first-order valence-corrected chi connectivity index (χ1v) is 9.87. The van der Waals surface area contributed by atoms with Crippen LogP contribution in [-0.2, 0) is 9.53 Å². The second-order valence-electron chi connectivity index (χ2n) is 6.46. The zero-order chi connectivity index (χ0) is 22.0. The van der Waals surface area contributed by atoms with Crippen LogP contribution in [0.1, 0.15) is 25.0 Å². The number of carbonyl (C=O) groups excluding carboxylic acids is 1. The average molecular weight is 496 g/mol. The third kappa shape index (κ3) is 4.63. The number of halogens is 2. The lowest BCUT2D eigenvalue weighted by Crippen LogP contribution is -2.07. The van der Waals surface area contributed by atoms with E-state index in [9.17, 15) is 14.9 Å². The summed E-state index contributed by atoms with van der Waals surface area (Å²) in [6.07, 6.45) is 1.46. The highest BCUT2D eigenvalue weighted by Crippen LogP contribution is 2.38. The first-order chi connectivity index (χ1) is 14.2. The second-order valence-corrected chi connectivity index (χ2v) is 7.72. The Bertz CT molecular complexity index is 1100. The van der Waals surface area contributed by atoms with Crippen LogP contribution in [0.15, 0.2) is 45.5 Å². The van der Waals surface area contributed by atoms with Gasteiger partial charge in [0.25, 0.3) is 5.69 Å². The number of nitro benzene ring substituents is 1. The van der Waals surface area contributed by atoms with Crippen LogP contribution in [0.4, 0.5) is 5.69 Å². The fraction of sp³-hybridized carbons (Fsp3) is 0.200. The van der Waals surface area contributed by atoms with E-state index < -0.39 is 10.9 Å². The first kappa shape index (κ1) is 21.8. The average Bonchev–Trinajstić information content (AvgIpc) is 3.04. The molecule has 3 rings (SSSR count). The number of hydrogen-bond donors (Lipinski definition) is 0. The molecule has 0 unspecified atom stereocenters. The summed E-state index contributed by atoms with van der Waals surface area (Å²) in [5, 5.41) is 11.1. The van der Waals surface area contributed by atoms with E-state index in [1.54, 1.807) is 12.1 Å². The third-order valence-corrected chi connectivity index (χ3v) is 4.83. The van der Waals surface area contributed by atoms with Gasteiger partial charge in [0.1, 0.15) is 5.02 Å². The molecule has 0 N–H and O–H groups in total. The minimum Gasteiger partial charge on any atom is -0.493 e.